The van der Waals surface area contributed by atoms with Crippen LogP contribution in [-0.4, -0.2) is 62.0 Å². The number of hydrogen-bond acceptors (Lipinski definition) is 8. The van der Waals surface area contributed by atoms with Crippen molar-refractivity contribution in [3.8, 4) is 12.1 Å². The van der Waals surface area contributed by atoms with E-state index in [1.54, 1.807) is 17.0 Å². The number of rotatable bonds is 7. The number of nitriles is 2. The van der Waals surface area contributed by atoms with Crippen LogP contribution in [0.3, 0.4) is 0 Å². The second kappa shape index (κ2) is 10.7. The zero-order valence-electron chi connectivity index (χ0n) is 19.0. The van der Waals surface area contributed by atoms with Crippen molar-refractivity contribution in [3.63, 3.8) is 0 Å². The third-order valence-electron chi connectivity index (χ3n) is 5.43. The van der Waals surface area contributed by atoms with Crippen molar-refractivity contribution in [3.05, 3.63) is 45.8 Å². The second-order valence-corrected chi connectivity index (χ2v) is 10.6. The minimum Gasteiger partial charge on any atom is -0.355 e. The minimum atomic E-state index is -4.09. The predicted molar refractivity (Wildman–Crippen MR) is 127 cm³/mol. The number of carbonyl (C=O) groups excluding carboxylic acids is 3. The number of carbonyl (C=O) groups is 3. The molecule has 0 saturated heterocycles. The lowest BCUT2D eigenvalue weighted by Crippen LogP contribution is -2.34. The molecule has 13 heteroatoms. The molecule has 182 valence electrons. The topological polar surface area (TPSA) is 163 Å². The first kappa shape index (κ1) is 25.8. The van der Waals surface area contributed by atoms with Crippen LogP contribution in [0, 0.1) is 22.7 Å². The average molecular weight is 515 g/mol. The maximum Gasteiger partial charge on any atom is 0.256 e. The van der Waals surface area contributed by atoms with Crippen LogP contribution in [0.4, 0.5) is 5.00 Å². The van der Waals surface area contributed by atoms with Crippen molar-refractivity contribution in [1.82, 2.24) is 14.5 Å². The Morgan fingerprint density at radius 2 is 1.74 bits per heavy atom. The van der Waals surface area contributed by atoms with E-state index in [0.29, 0.717) is 30.1 Å². The van der Waals surface area contributed by atoms with E-state index in [1.165, 1.54) is 49.6 Å². The van der Waals surface area contributed by atoms with E-state index in [2.05, 4.69) is 10.6 Å². The molecule has 2 N–H and O–H groups in total. The first-order valence-corrected chi connectivity index (χ1v) is 12.7. The molecular formula is C22H22N6O5S2. The minimum absolute atomic E-state index is 0.0747. The fourth-order valence-electron chi connectivity index (χ4n) is 3.61. The fourth-order valence-corrected chi connectivity index (χ4v) is 6.10. The van der Waals surface area contributed by atoms with Crippen LogP contribution in [0.5, 0.6) is 0 Å². The molecular weight excluding hydrogens is 492 g/mol. The molecule has 0 saturated carbocycles. The largest absolute Gasteiger partial charge is 0.355 e. The number of nitrogens with one attached hydrogen (secondary N) is 2. The van der Waals surface area contributed by atoms with Crippen molar-refractivity contribution in [2.24, 2.45) is 0 Å². The molecule has 0 atom stereocenters. The third kappa shape index (κ3) is 5.33. The van der Waals surface area contributed by atoms with E-state index in [4.69, 9.17) is 10.5 Å². The van der Waals surface area contributed by atoms with Gasteiger partial charge in [-0.15, -0.1) is 11.3 Å². The lowest BCUT2D eigenvalue weighted by molar-refractivity contribution is -0.129. The van der Waals surface area contributed by atoms with Gasteiger partial charge in [0.1, 0.15) is 18.1 Å². The third-order valence-corrected chi connectivity index (χ3v) is 8.37. The van der Waals surface area contributed by atoms with Crippen molar-refractivity contribution in [1.29, 1.82) is 10.5 Å². The average Bonchev–Trinajstić information content (AvgIpc) is 3.20. The lowest BCUT2D eigenvalue weighted by atomic mass is 10.0. The normalized spacial score (nSPS) is 12.9. The monoisotopic (exact) mass is 514 g/mol. The van der Waals surface area contributed by atoms with Gasteiger partial charge in [0.25, 0.3) is 11.8 Å². The van der Waals surface area contributed by atoms with Gasteiger partial charge in [0.15, 0.2) is 0 Å². The Morgan fingerprint density at radius 3 is 2.29 bits per heavy atom. The van der Waals surface area contributed by atoms with Gasteiger partial charge in [-0.05, 0) is 36.2 Å². The zero-order valence-corrected chi connectivity index (χ0v) is 20.6. The maximum absolute atomic E-state index is 12.9. The summed E-state index contributed by atoms with van der Waals surface area (Å²) in [6, 6.07) is 8.48. The van der Waals surface area contributed by atoms with Crippen LogP contribution < -0.4 is 10.6 Å². The molecule has 3 rings (SSSR count). The number of nitrogens with zero attached hydrogens (tertiary/aromatic N) is 4. The molecule has 35 heavy (non-hydrogen) atoms. The molecule has 11 nitrogen and oxygen atoms in total. The summed E-state index contributed by atoms with van der Waals surface area (Å²) in [5, 5.41) is 23.4. The van der Waals surface area contributed by atoms with Crippen molar-refractivity contribution in [2.75, 3.05) is 32.0 Å². The fraction of sp³-hybridized carbons (Fsp3) is 0.318. The number of amides is 3. The molecule has 1 aromatic heterocycles. The standard InChI is InChI=1S/C22H22N6O5S2/c1-14(29)27-10-7-17-18(13-27)34-22(19(17)21(31)25-2)26-20(30)15-3-5-16(6-4-15)35(32,33)28(11-8-23)12-9-24/h3-6H,7,10-13H2,1-2H3,(H,25,31)(H,26,30). The van der Waals surface area contributed by atoms with Crippen molar-refractivity contribution in [2.45, 2.75) is 24.8 Å². The molecule has 1 aromatic carbocycles. The Balaban J connectivity index is 1.87. The smallest absolute Gasteiger partial charge is 0.256 e. The number of benzene rings is 1. The van der Waals surface area contributed by atoms with Crippen LogP contribution >= 0.6 is 11.3 Å². The molecule has 1 aliphatic heterocycles. The van der Waals surface area contributed by atoms with Crippen LogP contribution in [-0.2, 0) is 27.8 Å². The predicted octanol–water partition coefficient (Wildman–Crippen LogP) is 1.30. The summed E-state index contributed by atoms with van der Waals surface area (Å²) >= 11 is 1.22. The Labute approximate surface area is 206 Å². The molecule has 1 aliphatic rings. The molecule has 0 unspecified atom stereocenters. The van der Waals surface area contributed by atoms with Crippen LogP contribution in [0.1, 0.15) is 38.1 Å². The summed E-state index contributed by atoms with van der Waals surface area (Å²) in [5.74, 6) is -0.980. The molecule has 0 bridgehead atoms. The molecule has 2 heterocycles. The Hall–Kier alpha value is -3.78. The van der Waals surface area contributed by atoms with Crippen LogP contribution in [0.2, 0.25) is 0 Å². The van der Waals surface area contributed by atoms with Gasteiger partial charge in [-0.2, -0.15) is 14.8 Å². The van der Waals surface area contributed by atoms with Gasteiger partial charge in [-0.25, -0.2) is 8.42 Å². The summed E-state index contributed by atoms with van der Waals surface area (Å²) in [6.45, 7) is 1.34. The zero-order chi connectivity index (χ0) is 25.8. The van der Waals surface area contributed by atoms with Crippen molar-refractivity contribution < 1.29 is 22.8 Å². The molecule has 0 radical (unpaired) electrons. The van der Waals surface area contributed by atoms with Gasteiger partial charge >= 0.3 is 0 Å². The van der Waals surface area contributed by atoms with Gasteiger partial charge in [0.2, 0.25) is 15.9 Å². The van der Waals surface area contributed by atoms with E-state index >= 15 is 0 Å². The van der Waals surface area contributed by atoms with Gasteiger partial charge in [0, 0.05) is 31.0 Å². The maximum atomic E-state index is 12.9. The van der Waals surface area contributed by atoms with Crippen LogP contribution in [0.25, 0.3) is 0 Å². The number of anilines is 1. The highest BCUT2D eigenvalue weighted by molar-refractivity contribution is 7.89. The summed E-state index contributed by atoms with van der Waals surface area (Å²) in [7, 11) is -2.60. The lowest BCUT2D eigenvalue weighted by Gasteiger charge is -2.25. The quantitative estimate of drug-likeness (QED) is 0.526. The van der Waals surface area contributed by atoms with E-state index in [-0.39, 0.29) is 22.3 Å². The Kier molecular flexibility index (Phi) is 7.86. The highest BCUT2D eigenvalue weighted by Crippen LogP contribution is 2.37. The molecule has 3 amide bonds. The number of sulfonamides is 1. The highest BCUT2D eigenvalue weighted by atomic mass is 32.2. The van der Waals surface area contributed by atoms with Gasteiger partial charge in [-0.1, -0.05) is 0 Å². The van der Waals surface area contributed by atoms with Gasteiger partial charge in [0.05, 0.1) is 29.1 Å². The first-order chi connectivity index (χ1) is 16.6. The number of fused-ring (bicyclic) bond motifs is 1. The second-order valence-electron chi connectivity index (χ2n) is 7.55. The summed E-state index contributed by atoms with van der Waals surface area (Å²) < 4.78 is 26.1. The molecule has 0 aliphatic carbocycles. The van der Waals surface area contributed by atoms with Crippen LogP contribution in [0.15, 0.2) is 29.2 Å². The highest BCUT2D eigenvalue weighted by Gasteiger charge is 2.29. The first-order valence-electron chi connectivity index (χ1n) is 10.4. The van der Waals surface area contributed by atoms with Crippen molar-refractivity contribution >= 4 is 44.1 Å². The Morgan fingerprint density at radius 1 is 1.11 bits per heavy atom. The molecule has 2 aromatic rings. The SMILES string of the molecule is CNC(=O)c1c(NC(=O)c2ccc(S(=O)(=O)N(CC#N)CC#N)cc2)sc2c1CCN(C(C)=O)C2. The van der Waals surface area contributed by atoms with Gasteiger partial charge < -0.3 is 15.5 Å². The van der Waals surface area contributed by atoms with E-state index in [1.807, 2.05) is 0 Å². The summed E-state index contributed by atoms with van der Waals surface area (Å²) in [6.07, 6.45) is 0.485. The van der Waals surface area contributed by atoms with E-state index < -0.39 is 29.0 Å². The van der Waals surface area contributed by atoms with E-state index in [0.717, 1.165) is 14.7 Å². The summed E-state index contributed by atoms with van der Waals surface area (Å²) in [4.78, 5) is 39.6. The van der Waals surface area contributed by atoms with Gasteiger partial charge in [-0.3, -0.25) is 14.4 Å². The number of thiophene rings is 1. The summed E-state index contributed by atoms with van der Waals surface area (Å²) in [5.41, 5.74) is 1.29. The van der Waals surface area contributed by atoms with E-state index in [9.17, 15) is 22.8 Å². The Bertz CT molecular complexity index is 1340. The number of hydrogen-bond donors (Lipinski definition) is 2. The molecule has 0 spiro atoms. The molecule has 0 fully saturated rings.